The summed E-state index contributed by atoms with van der Waals surface area (Å²) in [7, 11) is -2.37. The minimum atomic E-state index is -3.90. The number of hydrogen-bond donors (Lipinski definition) is 2. The van der Waals surface area contributed by atoms with Crippen LogP contribution in [0.1, 0.15) is 16.4 Å². The van der Waals surface area contributed by atoms with Gasteiger partial charge < -0.3 is 10.1 Å². The maximum absolute atomic E-state index is 14.0. The molecule has 15 heteroatoms. The fraction of sp³-hybridized carbons (Fsp3) is 0.172. The van der Waals surface area contributed by atoms with Crippen molar-refractivity contribution in [1.82, 2.24) is 4.57 Å². The van der Waals surface area contributed by atoms with Gasteiger partial charge in [0.2, 0.25) is 27.7 Å². The number of thioether (sulfide) groups is 1. The maximum Gasteiger partial charge on any atom is 0.308 e. The van der Waals surface area contributed by atoms with Crippen LogP contribution >= 0.6 is 39.0 Å². The first-order valence-corrected chi connectivity index (χ1v) is 17.1. The van der Waals surface area contributed by atoms with E-state index in [0.29, 0.717) is 27.0 Å². The Balaban J connectivity index is 1.36. The molecule has 4 aromatic rings. The molecule has 0 radical (unpaired) electrons. The number of imide groups is 1. The number of fused-ring (bicyclic) bond motifs is 2. The van der Waals surface area contributed by atoms with Crippen LogP contribution in [0.25, 0.3) is 0 Å². The topological polar surface area (TPSA) is 158 Å². The third-order valence-corrected chi connectivity index (χ3v) is 11.4. The average Bonchev–Trinajstić information content (AvgIpc) is 3.43. The van der Waals surface area contributed by atoms with Crippen LogP contribution in [0.5, 0.6) is 5.75 Å². The standard InChI is InChI=1S/C29H23BrN4O7S3/c1-41-19-9-7-18(8-10-19)34-26(36)23-22(15-3-2-4-16(30)13-15)25-28(42-24(23)27(34)37)33(29(38)43-25)14-21(35)32-17-5-11-20(12-6-17)44(31,39)40/h2-13,22-24H,14H2,1H3,(H,32,35)(H2,31,39,40). The summed E-state index contributed by atoms with van der Waals surface area (Å²) < 4.78 is 30.4. The predicted molar refractivity (Wildman–Crippen MR) is 170 cm³/mol. The fourth-order valence-corrected chi connectivity index (χ4v) is 9.08. The van der Waals surface area contributed by atoms with Crippen molar-refractivity contribution >= 4 is 78.1 Å². The summed E-state index contributed by atoms with van der Waals surface area (Å²) in [6.07, 6.45) is 0. The summed E-state index contributed by atoms with van der Waals surface area (Å²) in [5, 5.41) is 7.41. The summed E-state index contributed by atoms with van der Waals surface area (Å²) in [6, 6.07) is 19.3. The number of aromatic nitrogens is 1. The third kappa shape index (κ3) is 5.49. The molecule has 1 aromatic heterocycles. The number of sulfonamides is 1. The van der Waals surface area contributed by atoms with Gasteiger partial charge in [-0.2, -0.15) is 0 Å². The second-order valence-corrected chi connectivity index (χ2v) is 14.6. The van der Waals surface area contributed by atoms with Gasteiger partial charge in [-0.25, -0.2) is 18.5 Å². The average molecular weight is 716 g/mol. The molecule has 0 spiro atoms. The van der Waals surface area contributed by atoms with E-state index in [4.69, 9.17) is 9.88 Å². The van der Waals surface area contributed by atoms with E-state index >= 15 is 0 Å². The number of carbonyl (C=O) groups excluding carboxylic acids is 3. The fourth-order valence-electron chi connectivity index (χ4n) is 5.37. The van der Waals surface area contributed by atoms with Gasteiger partial charge >= 0.3 is 4.87 Å². The van der Waals surface area contributed by atoms with Crippen molar-refractivity contribution in [3.63, 3.8) is 0 Å². The molecular weight excluding hydrogens is 692 g/mol. The number of thiazole rings is 1. The van der Waals surface area contributed by atoms with E-state index in [9.17, 15) is 27.6 Å². The molecule has 3 aromatic carbocycles. The smallest absolute Gasteiger partial charge is 0.308 e. The summed E-state index contributed by atoms with van der Waals surface area (Å²) in [4.78, 5) is 55.5. The molecule has 3 heterocycles. The van der Waals surface area contributed by atoms with E-state index in [2.05, 4.69) is 21.2 Å². The summed E-state index contributed by atoms with van der Waals surface area (Å²) in [5.74, 6) is -2.13. The number of benzene rings is 3. The molecule has 1 fully saturated rings. The molecule has 0 aliphatic carbocycles. The second kappa shape index (κ2) is 11.6. The monoisotopic (exact) mass is 714 g/mol. The molecule has 226 valence electrons. The molecular formula is C29H23BrN4O7S3. The first kappa shape index (κ1) is 30.3. The lowest BCUT2D eigenvalue weighted by Crippen LogP contribution is -2.33. The zero-order chi connectivity index (χ0) is 31.3. The first-order chi connectivity index (χ1) is 21.0. The van der Waals surface area contributed by atoms with E-state index < -0.39 is 43.8 Å². The highest BCUT2D eigenvalue weighted by atomic mass is 79.9. The molecule has 2 aliphatic rings. The molecule has 3 N–H and O–H groups in total. The number of rotatable bonds is 7. The Kier molecular flexibility index (Phi) is 8.00. The van der Waals surface area contributed by atoms with Crippen LogP contribution in [0.15, 0.2) is 92.0 Å². The van der Waals surface area contributed by atoms with Crippen LogP contribution in [0.3, 0.4) is 0 Å². The Bertz CT molecular complexity index is 1970. The zero-order valence-electron chi connectivity index (χ0n) is 22.8. The highest BCUT2D eigenvalue weighted by Crippen LogP contribution is 2.54. The summed E-state index contributed by atoms with van der Waals surface area (Å²) in [6.45, 7) is -0.360. The Morgan fingerprint density at radius 1 is 1.02 bits per heavy atom. The van der Waals surface area contributed by atoms with Crippen molar-refractivity contribution in [2.75, 3.05) is 17.3 Å². The Morgan fingerprint density at radius 2 is 1.73 bits per heavy atom. The molecule has 3 atom stereocenters. The second-order valence-electron chi connectivity index (χ2n) is 10.0. The van der Waals surface area contributed by atoms with Crippen LogP contribution in [0.2, 0.25) is 0 Å². The largest absolute Gasteiger partial charge is 0.497 e. The van der Waals surface area contributed by atoms with Gasteiger partial charge in [-0.05, 0) is 66.2 Å². The normalized spacial score (nSPS) is 19.4. The van der Waals surface area contributed by atoms with E-state index in [-0.39, 0.29) is 17.3 Å². The van der Waals surface area contributed by atoms with Crippen LogP contribution in [0.4, 0.5) is 11.4 Å². The number of methoxy groups -OCH3 is 1. The number of nitrogens with one attached hydrogen (secondary N) is 1. The quantitative estimate of drug-likeness (QED) is 0.274. The van der Waals surface area contributed by atoms with Crippen molar-refractivity contribution in [1.29, 1.82) is 0 Å². The predicted octanol–water partition coefficient (Wildman–Crippen LogP) is 3.76. The number of nitrogens with zero attached hydrogens (tertiary/aromatic N) is 2. The molecule has 2 aliphatic heterocycles. The lowest BCUT2D eigenvalue weighted by molar-refractivity contribution is -0.122. The van der Waals surface area contributed by atoms with Gasteiger partial charge in [0, 0.05) is 21.0 Å². The van der Waals surface area contributed by atoms with Crippen LogP contribution < -0.4 is 25.0 Å². The minimum Gasteiger partial charge on any atom is -0.497 e. The Hall–Kier alpha value is -3.76. The highest BCUT2D eigenvalue weighted by molar-refractivity contribution is 9.10. The Labute approximate surface area is 268 Å². The van der Waals surface area contributed by atoms with Gasteiger partial charge in [0.1, 0.15) is 17.5 Å². The number of halogens is 1. The van der Waals surface area contributed by atoms with E-state index in [0.717, 1.165) is 33.1 Å². The van der Waals surface area contributed by atoms with Gasteiger partial charge in [-0.3, -0.25) is 23.7 Å². The molecule has 44 heavy (non-hydrogen) atoms. The van der Waals surface area contributed by atoms with E-state index in [1.54, 1.807) is 24.3 Å². The van der Waals surface area contributed by atoms with Gasteiger partial charge in [0.25, 0.3) is 0 Å². The first-order valence-electron chi connectivity index (χ1n) is 13.1. The lowest BCUT2D eigenvalue weighted by Gasteiger charge is -2.30. The SMILES string of the molecule is COc1ccc(N2C(=O)C3Sc4c(sc(=O)n4CC(=O)Nc4ccc(S(N)(=O)=O)cc4)C(c4cccc(Br)c4)C3C2=O)cc1. The van der Waals surface area contributed by atoms with Crippen molar-refractivity contribution in [3.8, 4) is 5.75 Å². The number of primary sulfonamides is 1. The van der Waals surface area contributed by atoms with Gasteiger partial charge in [-0.1, -0.05) is 51.2 Å². The molecule has 3 amide bonds. The summed E-state index contributed by atoms with van der Waals surface area (Å²) in [5.41, 5.74) is 1.48. The van der Waals surface area contributed by atoms with E-state index in [1.807, 2.05) is 24.3 Å². The van der Waals surface area contributed by atoms with Crippen molar-refractivity contribution in [2.24, 2.45) is 11.1 Å². The third-order valence-electron chi connectivity index (χ3n) is 7.36. The van der Waals surface area contributed by atoms with Crippen molar-refractivity contribution in [3.05, 3.63) is 97.4 Å². The number of amides is 3. The molecule has 0 saturated carbocycles. The number of hydrogen-bond acceptors (Lipinski definition) is 9. The summed E-state index contributed by atoms with van der Waals surface area (Å²) >= 11 is 5.55. The molecule has 3 unspecified atom stereocenters. The van der Waals surface area contributed by atoms with Gasteiger partial charge in [0.15, 0.2) is 0 Å². The van der Waals surface area contributed by atoms with Crippen molar-refractivity contribution < 1.29 is 27.5 Å². The number of ether oxygens (including phenoxy) is 1. The lowest BCUT2D eigenvalue weighted by atomic mass is 9.83. The molecule has 1 saturated heterocycles. The highest BCUT2D eigenvalue weighted by Gasteiger charge is 2.56. The minimum absolute atomic E-state index is 0.109. The maximum atomic E-state index is 14.0. The molecule has 11 nitrogen and oxygen atoms in total. The molecule has 6 rings (SSSR count). The van der Waals surface area contributed by atoms with Crippen LogP contribution in [-0.4, -0.2) is 43.1 Å². The number of nitrogens with two attached hydrogens (primary N) is 1. The van der Waals surface area contributed by atoms with Crippen LogP contribution in [0, 0.1) is 5.92 Å². The van der Waals surface area contributed by atoms with Gasteiger partial charge in [0.05, 0.1) is 28.6 Å². The van der Waals surface area contributed by atoms with Crippen LogP contribution in [-0.2, 0) is 31.0 Å². The number of anilines is 2. The number of carbonyl (C=O) groups is 3. The zero-order valence-corrected chi connectivity index (χ0v) is 26.8. The van der Waals surface area contributed by atoms with E-state index in [1.165, 1.54) is 40.8 Å². The van der Waals surface area contributed by atoms with Crippen molar-refractivity contribution in [2.45, 2.75) is 27.6 Å². The van der Waals surface area contributed by atoms with Gasteiger partial charge in [-0.15, -0.1) is 0 Å². The molecule has 0 bridgehead atoms. The Morgan fingerprint density at radius 3 is 2.36 bits per heavy atom.